The minimum atomic E-state index is -1.98. The van der Waals surface area contributed by atoms with E-state index in [0.717, 1.165) is 0 Å². The summed E-state index contributed by atoms with van der Waals surface area (Å²) >= 11 is -1.98. The second-order valence-corrected chi connectivity index (χ2v) is 23.2. The molecule has 0 bridgehead atoms. The van der Waals surface area contributed by atoms with Crippen molar-refractivity contribution in [1.29, 1.82) is 0 Å². The summed E-state index contributed by atoms with van der Waals surface area (Å²) < 4.78 is 4.59. The third-order valence-electron chi connectivity index (χ3n) is 9.13. The molecule has 0 aromatic heterocycles. The average molecular weight is 869 g/mol. The van der Waals surface area contributed by atoms with Crippen molar-refractivity contribution < 1.29 is 29.4 Å². The zero-order chi connectivity index (χ0) is 33.1. The van der Waals surface area contributed by atoms with Crippen molar-refractivity contribution in [3.05, 3.63) is 182 Å². The van der Waals surface area contributed by atoms with Crippen LogP contribution in [0.5, 0.6) is 0 Å². The Labute approximate surface area is 327 Å². The summed E-state index contributed by atoms with van der Waals surface area (Å²) in [6.45, 7) is 2.29. The first-order chi connectivity index (χ1) is 23.8. The number of unbranched alkanes of at least 4 members (excludes halogenated alkanes) is 7. The molecule has 0 atom stereocenters. The van der Waals surface area contributed by atoms with Crippen LogP contribution in [0.3, 0.4) is 0 Å². The molecule has 0 aliphatic rings. The maximum atomic E-state index is 2.36. The number of hydrogen-bond donors (Lipinski definition) is 0. The first kappa shape index (κ1) is 41.7. The van der Waals surface area contributed by atoms with Gasteiger partial charge in [0, 0.05) is 0 Å². The van der Waals surface area contributed by atoms with Gasteiger partial charge in [0.15, 0.2) is 0 Å². The first-order valence-electron chi connectivity index (χ1n) is 17.9. The van der Waals surface area contributed by atoms with Crippen LogP contribution in [-0.2, 0) is 0 Å². The van der Waals surface area contributed by atoms with Crippen LogP contribution >= 0.6 is 7.26 Å². The van der Waals surface area contributed by atoms with Gasteiger partial charge in [-0.1, -0.05) is 100 Å². The SMILES string of the molecule is CCCCCCCCCC[P+](c1ccccc1)(c1ccccc1)c1ccccc1.[Br-].[Cl-].c1cc[c]([Sn+]([c]2ccccc2)[c]2ccccc2)cc1. The van der Waals surface area contributed by atoms with Crippen LogP contribution in [0.15, 0.2) is 182 Å². The fourth-order valence-corrected chi connectivity index (χ4v) is 18.4. The van der Waals surface area contributed by atoms with Gasteiger partial charge in [-0.2, -0.15) is 0 Å². The molecule has 0 aliphatic carbocycles. The topological polar surface area (TPSA) is 0 Å². The molecule has 0 saturated heterocycles. The molecule has 4 heteroatoms. The average Bonchev–Trinajstić information content (AvgIpc) is 3.17. The van der Waals surface area contributed by atoms with Crippen molar-refractivity contribution >= 4 is 53.7 Å². The van der Waals surface area contributed by atoms with Crippen LogP contribution in [0.25, 0.3) is 0 Å². The summed E-state index contributed by atoms with van der Waals surface area (Å²) in [5.41, 5.74) is 0. The van der Waals surface area contributed by atoms with Crippen molar-refractivity contribution in [2.75, 3.05) is 6.16 Å². The maximum absolute atomic E-state index is 2.36. The number of rotatable bonds is 15. The normalized spacial score (nSPS) is 10.5. The van der Waals surface area contributed by atoms with Crippen molar-refractivity contribution in [2.24, 2.45) is 0 Å². The fourth-order valence-electron chi connectivity index (χ4n) is 6.68. The fraction of sp³-hybridized carbons (Fsp3) is 0.217. The summed E-state index contributed by atoms with van der Waals surface area (Å²) in [5.74, 6) is 0. The molecule has 0 aliphatic heterocycles. The van der Waals surface area contributed by atoms with Crippen molar-refractivity contribution in [1.82, 2.24) is 0 Å². The second kappa shape index (κ2) is 23.7. The molecule has 0 saturated carbocycles. The van der Waals surface area contributed by atoms with E-state index in [1.54, 1.807) is 0 Å². The van der Waals surface area contributed by atoms with E-state index >= 15 is 0 Å². The zero-order valence-electron chi connectivity index (χ0n) is 29.4. The summed E-state index contributed by atoms with van der Waals surface area (Å²) in [7, 11) is -1.62. The second-order valence-electron chi connectivity index (χ2n) is 12.5. The Balaban J connectivity index is 0.000000280. The Morgan fingerprint density at radius 3 is 0.920 bits per heavy atom. The van der Waals surface area contributed by atoms with Crippen LogP contribution in [0.4, 0.5) is 0 Å². The van der Waals surface area contributed by atoms with Crippen molar-refractivity contribution in [3.8, 4) is 0 Å². The van der Waals surface area contributed by atoms with Gasteiger partial charge in [-0.25, -0.2) is 0 Å². The van der Waals surface area contributed by atoms with E-state index in [1.807, 2.05) is 0 Å². The third-order valence-corrected chi connectivity index (χ3v) is 21.4. The Morgan fingerprint density at radius 2 is 0.620 bits per heavy atom. The van der Waals surface area contributed by atoms with Crippen LogP contribution in [0.2, 0.25) is 0 Å². The molecular weight excluding hydrogens is 818 g/mol. The van der Waals surface area contributed by atoms with Crippen LogP contribution in [0, 0.1) is 0 Å². The van der Waals surface area contributed by atoms with Gasteiger partial charge in [-0.3, -0.25) is 0 Å². The van der Waals surface area contributed by atoms with Crippen molar-refractivity contribution in [3.63, 3.8) is 0 Å². The van der Waals surface area contributed by atoms with E-state index in [4.69, 9.17) is 0 Å². The Kier molecular flexibility index (Phi) is 19.8. The van der Waals surface area contributed by atoms with E-state index in [1.165, 1.54) is 84.2 Å². The van der Waals surface area contributed by atoms with Gasteiger partial charge in [-0.05, 0) is 49.2 Å². The van der Waals surface area contributed by atoms with Gasteiger partial charge in [-0.15, -0.1) is 0 Å². The molecular formula is C46H51BrClPSn. The Hall–Kier alpha value is -2.68. The van der Waals surface area contributed by atoms with Gasteiger partial charge in [0.05, 0.1) is 6.16 Å². The number of hydrogen-bond acceptors (Lipinski definition) is 0. The molecule has 0 heterocycles. The van der Waals surface area contributed by atoms with Crippen molar-refractivity contribution in [2.45, 2.75) is 58.3 Å². The Bertz CT molecular complexity index is 1500. The van der Waals surface area contributed by atoms with Crippen LogP contribution < -0.4 is 56.0 Å². The Morgan fingerprint density at radius 1 is 0.360 bits per heavy atom. The molecule has 6 aromatic rings. The van der Waals surface area contributed by atoms with Gasteiger partial charge in [0.2, 0.25) is 0 Å². The van der Waals surface area contributed by atoms with E-state index < -0.39 is 27.0 Å². The zero-order valence-corrected chi connectivity index (χ0v) is 35.5. The van der Waals surface area contributed by atoms with E-state index in [-0.39, 0.29) is 29.4 Å². The monoisotopic (exact) mass is 868 g/mol. The predicted molar refractivity (Wildman–Crippen MR) is 217 cm³/mol. The number of halogens is 2. The molecule has 258 valence electrons. The number of benzene rings is 6. The molecule has 50 heavy (non-hydrogen) atoms. The molecule has 6 aromatic carbocycles. The molecule has 0 spiro atoms. The first-order valence-corrected chi connectivity index (χ1v) is 24.2. The molecule has 0 unspecified atom stereocenters. The third kappa shape index (κ3) is 11.9. The molecule has 0 amide bonds. The summed E-state index contributed by atoms with van der Waals surface area (Å²) in [5, 5.41) is 4.54. The quantitative estimate of drug-likeness (QED) is 0.0846. The molecule has 0 radical (unpaired) electrons. The van der Waals surface area contributed by atoms with Crippen LogP contribution in [-0.4, -0.2) is 25.9 Å². The standard InChI is InChI=1S/C28H36P.3C6H5.BrH.ClH.Sn/c1-2-3-4-5-6-7-8-18-25-29(26-19-12-9-13-20-26,27-21-14-10-15-22-27)28-23-16-11-17-24-28;3*1-2-4-6-5-3-1;;;/h9-17,19-24H,2-8,18,25H2,1H3;3*1-5H;2*1H;/q+1;;;;;;+1/p-2. The van der Waals surface area contributed by atoms with E-state index in [9.17, 15) is 0 Å². The van der Waals surface area contributed by atoms with E-state index in [2.05, 4.69) is 189 Å². The summed E-state index contributed by atoms with van der Waals surface area (Å²) in [6, 6.07) is 66.8. The molecule has 0 fully saturated rings. The van der Waals surface area contributed by atoms with Gasteiger partial charge in [0.25, 0.3) is 0 Å². The van der Waals surface area contributed by atoms with E-state index in [0.29, 0.717) is 0 Å². The molecule has 6 rings (SSSR count). The molecule has 0 nitrogen and oxygen atoms in total. The van der Waals surface area contributed by atoms with Crippen LogP contribution in [0.1, 0.15) is 58.3 Å². The summed E-state index contributed by atoms with van der Waals surface area (Å²) in [4.78, 5) is 0. The predicted octanol–water partition coefficient (Wildman–Crippen LogP) is 3.33. The van der Waals surface area contributed by atoms with Gasteiger partial charge in [0.1, 0.15) is 23.2 Å². The summed E-state index contributed by atoms with van der Waals surface area (Å²) in [6.07, 6.45) is 12.2. The minimum absolute atomic E-state index is 0. The van der Waals surface area contributed by atoms with Gasteiger partial charge < -0.3 is 29.4 Å². The van der Waals surface area contributed by atoms with Gasteiger partial charge >= 0.3 is 121 Å². The molecule has 0 N–H and O–H groups in total.